The van der Waals surface area contributed by atoms with Crippen molar-refractivity contribution in [3.63, 3.8) is 0 Å². The van der Waals surface area contributed by atoms with Crippen molar-refractivity contribution in [2.45, 2.75) is 37.5 Å². The number of rotatable bonds is 10. The molecule has 3 rings (SSSR count). The predicted octanol–water partition coefficient (Wildman–Crippen LogP) is 7.65. The first-order valence-corrected chi connectivity index (χ1v) is 16.3. The summed E-state index contributed by atoms with van der Waals surface area (Å²) in [5, 5.41) is 10.6. The number of benzene rings is 3. The zero-order chi connectivity index (χ0) is 29.9. The molecule has 0 aromatic heterocycles. The Labute approximate surface area is 263 Å². The van der Waals surface area contributed by atoms with Gasteiger partial charge in [0.1, 0.15) is 0 Å². The second-order valence-electron chi connectivity index (χ2n) is 10.1. The monoisotopic (exact) mass is 622 g/mol. The highest BCUT2D eigenvalue weighted by molar-refractivity contribution is 8.76. The van der Waals surface area contributed by atoms with Gasteiger partial charge in [0, 0.05) is 47.7 Å². The molecule has 0 heterocycles. The van der Waals surface area contributed by atoms with E-state index in [4.69, 9.17) is 34.6 Å². The number of para-hydroxylation sites is 1. The summed E-state index contributed by atoms with van der Waals surface area (Å²) in [6, 6.07) is 26.7. The van der Waals surface area contributed by atoms with Gasteiger partial charge in [-0.3, -0.25) is 10.9 Å². The van der Waals surface area contributed by atoms with Gasteiger partial charge in [0.25, 0.3) is 0 Å². The van der Waals surface area contributed by atoms with Crippen LogP contribution >= 0.6 is 46.0 Å². The van der Waals surface area contributed by atoms with Crippen LogP contribution in [-0.2, 0) is 0 Å². The van der Waals surface area contributed by atoms with Crippen LogP contribution in [0.5, 0.6) is 0 Å². The van der Waals surface area contributed by atoms with Gasteiger partial charge in [-0.2, -0.15) is 10.2 Å². The number of hydrogen-bond acceptors (Lipinski definition) is 6. The van der Waals surface area contributed by atoms with Crippen LogP contribution in [0.2, 0.25) is 0 Å². The van der Waals surface area contributed by atoms with E-state index in [0.29, 0.717) is 10.2 Å². The minimum absolute atomic E-state index is 0.178. The molecular weight excluding hydrogens is 585 g/mol. The fraction of sp³-hybridized carbons (Fsp3) is 0.290. The van der Waals surface area contributed by atoms with Crippen molar-refractivity contribution < 1.29 is 0 Å². The Morgan fingerprint density at radius 2 is 1.05 bits per heavy atom. The molecule has 0 aliphatic rings. The van der Waals surface area contributed by atoms with Gasteiger partial charge in [0.2, 0.25) is 0 Å². The Morgan fingerprint density at radius 3 is 1.49 bits per heavy atom. The first kappa shape index (κ1) is 32.6. The fourth-order valence-electron chi connectivity index (χ4n) is 3.75. The van der Waals surface area contributed by atoms with E-state index in [0.717, 1.165) is 38.0 Å². The van der Waals surface area contributed by atoms with Gasteiger partial charge in [0.15, 0.2) is 10.2 Å². The summed E-state index contributed by atoms with van der Waals surface area (Å²) in [6.07, 6.45) is 0. The van der Waals surface area contributed by atoms with E-state index in [1.165, 1.54) is 0 Å². The van der Waals surface area contributed by atoms with Gasteiger partial charge in [-0.05, 0) is 60.5 Å². The van der Waals surface area contributed by atoms with Crippen molar-refractivity contribution in [1.82, 2.24) is 15.8 Å². The van der Waals surface area contributed by atoms with Crippen LogP contribution in [0.15, 0.2) is 98.9 Å². The first-order chi connectivity index (χ1) is 19.6. The zero-order valence-electron chi connectivity index (χ0n) is 24.6. The van der Waals surface area contributed by atoms with E-state index in [9.17, 15) is 0 Å². The Morgan fingerprint density at radius 1 is 0.634 bits per heavy atom. The van der Waals surface area contributed by atoms with Gasteiger partial charge in [-0.25, -0.2) is 0 Å². The summed E-state index contributed by atoms with van der Waals surface area (Å²) in [7, 11) is 9.16. The average Bonchev–Trinajstić information content (AvgIpc) is 2.96. The van der Waals surface area contributed by atoms with Gasteiger partial charge < -0.3 is 9.80 Å². The molecule has 0 saturated carbocycles. The summed E-state index contributed by atoms with van der Waals surface area (Å²) < 4.78 is 0. The van der Waals surface area contributed by atoms with Crippen molar-refractivity contribution in [1.29, 1.82) is 0 Å². The molecule has 216 valence electrons. The summed E-state index contributed by atoms with van der Waals surface area (Å²) >= 11 is 11.0. The van der Waals surface area contributed by atoms with E-state index in [1.54, 1.807) is 21.6 Å². The lowest BCUT2D eigenvalue weighted by Gasteiger charge is -2.21. The Balaban J connectivity index is 1.85. The lowest BCUT2D eigenvalue weighted by atomic mass is 10.0. The Hall–Kier alpha value is -2.92. The smallest absolute Gasteiger partial charge is 0.193 e. The van der Waals surface area contributed by atoms with Crippen molar-refractivity contribution in [3.8, 4) is 0 Å². The highest BCUT2D eigenvalue weighted by Gasteiger charge is 2.18. The molecule has 0 amide bonds. The summed E-state index contributed by atoms with van der Waals surface area (Å²) in [5.74, 6) is 0.382. The molecule has 0 saturated heterocycles. The number of nitrogens with zero attached hydrogens (tertiary/aromatic N) is 4. The van der Waals surface area contributed by atoms with Crippen LogP contribution in [-0.4, -0.2) is 47.7 Å². The van der Waals surface area contributed by atoms with Gasteiger partial charge in [-0.1, -0.05) is 104 Å². The normalized spacial score (nSPS) is 11.9. The van der Waals surface area contributed by atoms with Crippen LogP contribution in [0.1, 0.15) is 38.8 Å². The van der Waals surface area contributed by atoms with Gasteiger partial charge >= 0.3 is 0 Å². The minimum atomic E-state index is 0.178. The Kier molecular flexibility index (Phi) is 12.6. The number of hydrogen-bond donors (Lipinski definition) is 2. The van der Waals surface area contributed by atoms with Crippen LogP contribution in [0.4, 0.5) is 5.69 Å². The van der Waals surface area contributed by atoms with E-state index in [1.807, 2.05) is 73.4 Å². The average molecular weight is 623 g/mol. The van der Waals surface area contributed by atoms with Crippen molar-refractivity contribution >= 4 is 73.4 Å². The maximum absolute atomic E-state index is 5.64. The highest BCUT2D eigenvalue weighted by atomic mass is 33.1. The molecule has 0 radical (unpaired) electrons. The van der Waals surface area contributed by atoms with E-state index >= 15 is 0 Å². The highest BCUT2D eigenvalue weighted by Crippen LogP contribution is 2.41. The second-order valence-corrected chi connectivity index (χ2v) is 13.1. The predicted molar refractivity (Wildman–Crippen MR) is 187 cm³/mol. The SMILES string of the molecule is CC(C)/C(=N\NC(=S)N(C)C)c1ccccc1SSc1ccccc1/C(=N/NC(=S)N(C)c1ccccc1)C(C)C. The number of hydrazone groups is 2. The largest absolute Gasteiger partial charge is 0.354 e. The zero-order valence-corrected chi connectivity index (χ0v) is 27.8. The van der Waals surface area contributed by atoms with Crippen molar-refractivity contribution in [3.05, 3.63) is 90.0 Å². The summed E-state index contributed by atoms with van der Waals surface area (Å²) in [4.78, 5) is 6.00. The number of thiocarbonyl (C=S) groups is 2. The van der Waals surface area contributed by atoms with Crippen LogP contribution < -0.4 is 15.8 Å². The van der Waals surface area contributed by atoms with Crippen molar-refractivity contribution in [2.75, 3.05) is 26.0 Å². The van der Waals surface area contributed by atoms with E-state index in [-0.39, 0.29) is 11.8 Å². The molecule has 3 aromatic rings. The molecule has 3 aromatic carbocycles. The quantitative estimate of drug-likeness (QED) is 0.104. The first-order valence-electron chi connectivity index (χ1n) is 13.3. The maximum atomic E-state index is 5.64. The molecule has 0 fully saturated rings. The third-order valence-electron chi connectivity index (χ3n) is 6.04. The molecule has 6 nitrogen and oxygen atoms in total. The molecule has 10 heteroatoms. The topological polar surface area (TPSA) is 55.3 Å². The molecule has 0 aliphatic carbocycles. The minimum Gasteiger partial charge on any atom is -0.354 e. The number of anilines is 1. The van der Waals surface area contributed by atoms with Gasteiger partial charge in [0.05, 0.1) is 11.4 Å². The molecular formula is C31H38N6S4. The fourth-order valence-corrected chi connectivity index (χ4v) is 6.33. The summed E-state index contributed by atoms with van der Waals surface area (Å²) in [5.41, 5.74) is 11.2. The van der Waals surface area contributed by atoms with E-state index in [2.05, 4.69) is 74.9 Å². The third-order valence-corrected chi connectivity index (χ3v) is 9.34. The number of nitrogens with one attached hydrogen (secondary N) is 2. The standard InChI is InChI=1S/C31H38N6S4/c1-21(2)28(32-34-30(38)36(5)6)24-17-11-13-19-26(24)40-41-27-20-14-12-18-25(27)29(22(3)4)33-35-31(39)37(7)23-15-9-8-10-16-23/h8-22H,1-7H3,(H,34,38)(H,35,39)/b32-28+,33-29+. The third kappa shape index (κ3) is 9.29. The molecule has 41 heavy (non-hydrogen) atoms. The lowest BCUT2D eigenvalue weighted by molar-refractivity contribution is 0.605. The summed E-state index contributed by atoms with van der Waals surface area (Å²) in [6.45, 7) is 8.57. The Bertz CT molecular complexity index is 1390. The van der Waals surface area contributed by atoms with Crippen LogP contribution in [0, 0.1) is 11.8 Å². The lowest BCUT2D eigenvalue weighted by Crippen LogP contribution is -2.35. The molecule has 2 N–H and O–H groups in total. The van der Waals surface area contributed by atoms with Crippen molar-refractivity contribution in [2.24, 2.45) is 22.0 Å². The molecule has 0 aliphatic heterocycles. The van der Waals surface area contributed by atoms with Gasteiger partial charge in [-0.15, -0.1) is 0 Å². The van der Waals surface area contributed by atoms with E-state index < -0.39 is 0 Å². The van der Waals surface area contributed by atoms with Crippen LogP contribution in [0.25, 0.3) is 0 Å². The maximum Gasteiger partial charge on any atom is 0.193 e. The molecule has 0 bridgehead atoms. The molecule has 0 unspecified atom stereocenters. The molecule has 0 atom stereocenters. The second kappa shape index (κ2) is 15.9. The van der Waals surface area contributed by atoms with Crippen LogP contribution in [0.3, 0.4) is 0 Å². The molecule has 0 spiro atoms.